The van der Waals surface area contributed by atoms with Crippen LogP contribution in [-0.2, 0) is 22.5 Å². The summed E-state index contributed by atoms with van der Waals surface area (Å²) in [4.78, 5) is 12.7. The standard InChI is InChI=1S/C24H28N4O2S/c1-17-7-5-10-19(15-17)23-26-27-24(28(23)13-14-30-2)31-16-22(29)25-21-12-6-9-18-8-3-4-11-20(18)21/h3-5,7-8,10-11,15,21H,6,9,12-14,16H2,1-2H3,(H,25,29). The molecule has 4 rings (SSSR count). The molecule has 1 atom stereocenters. The van der Waals surface area contributed by atoms with Gasteiger partial charge in [0.1, 0.15) is 0 Å². The molecule has 2 aromatic carbocycles. The van der Waals surface area contributed by atoms with E-state index in [1.54, 1.807) is 7.11 Å². The van der Waals surface area contributed by atoms with E-state index in [1.165, 1.54) is 28.5 Å². The van der Waals surface area contributed by atoms with Crippen LogP contribution in [0.15, 0.2) is 53.7 Å². The maximum absolute atomic E-state index is 12.7. The molecular formula is C24H28N4O2S. The second-order valence-electron chi connectivity index (χ2n) is 7.82. The van der Waals surface area contributed by atoms with Crippen LogP contribution in [0.1, 0.15) is 35.6 Å². The Labute approximate surface area is 187 Å². The highest BCUT2D eigenvalue weighted by Crippen LogP contribution is 2.30. The predicted molar refractivity (Wildman–Crippen MR) is 123 cm³/mol. The van der Waals surface area contributed by atoms with E-state index in [0.29, 0.717) is 18.9 Å². The van der Waals surface area contributed by atoms with Crippen LogP contribution in [0.25, 0.3) is 11.4 Å². The number of nitrogens with zero attached hydrogens (tertiary/aromatic N) is 3. The SMILES string of the molecule is COCCn1c(SCC(=O)NC2CCCc3ccccc32)nnc1-c1cccc(C)c1. The average molecular weight is 437 g/mol. The van der Waals surface area contributed by atoms with Crippen molar-refractivity contribution in [2.75, 3.05) is 19.5 Å². The number of carbonyl (C=O) groups is 1. The molecule has 1 heterocycles. The Hall–Kier alpha value is -2.64. The van der Waals surface area contributed by atoms with Gasteiger partial charge in [0.25, 0.3) is 0 Å². The van der Waals surface area contributed by atoms with Crippen molar-refractivity contribution in [3.63, 3.8) is 0 Å². The van der Waals surface area contributed by atoms with Crippen LogP contribution in [-0.4, -0.2) is 40.1 Å². The largest absolute Gasteiger partial charge is 0.383 e. The molecule has 3 aromatic rings. The van der Waals surface area contributed by atoms with Gasteiger partial charge in [-0.05, 0) is 43.4 Å². The van der Waals surface area contributed by atoms with E-state index in [4.69, 9.17) is 4.74 Å². The van der Waals surface area contributed by atoms with Crippen molar-refractivity contribution in [2.45, 2.75) is 43.9 Å². The number of aryl methyl sites for hydroxylation is 2. The summed E-state index contributed by atoms with van der Waals surface area (Å²) in [6.45, 7) is 3.24. The number of carbonyl (C=O) groups excluding carboxylic acids is 1. The second-order valence-corrected chi connectivity index (χ2v) is 8.76. The minimum absolute atomic E-state index is 0.0186. The fraction of sp³-hybridized carbons (Fsp3) is 0.375. The van der Waals surface area contributed by atoms with Crippen LogP contribution < -0.4 is 5.32 Å². The molecule has 0 saturated carbocycles. The first-order chi connectivity index (χ1) is 15.2. The van der Waals surface area contributed by atoms with Crippen molar-refractivity contribution >= 4 is 17.7 Å². The van der Waals surface area contributed by atoms with E-state index in [-0.39, 0.29) is 11.9 Å². The lowest BCUT2D eigenvalue weighted by Crippen LogP contribution is -2.32. The Morgan fingerprint density at radius 1 is 1.23 bits per heavy atom. The molecule has 1 N–H and O–H groups in total. The lowest BCUT2D eigenvalue weighted by Gasteiger charge is -2.26. The number of rotatable bonds is 8. The molecule has 0 radical (unpaired) electrons. The van der Waals surface area contributed by atoms with Crippen molar-refractivity contribution in [3.8, 4) is 11.4 Å². The van der Waals surface area contributed by atoms with Gasteiger partial charge in [0.2, 0.25) is 5.91 Å². The predicted octanol–water partition coefficient (Wildman–Crippen LogP) is 4.19. The number of thioether (sulfide) groups is 1. The van der Waals surface area contributed by atoms with E-state index in [9.17, 15) is 4.79 Å². The number of ether oxygens (including phenoxy) is 1. The van der Waals surface area contributed by atoms with Gasteiger partial charge in [0, 0.05) is 12.7 Å². The zero-order chi connectivity index (χ0) is 21.6. The molecule has 1 aliphatic rings. The summed E-state index contributed by atoms with van der Waals surface area (Å²) in [5.74, 6) is 1.12. The first kappa shape index (κ1) is 21.6. The topological polar surface area (TPSA) is 69.0 Å². The lowest BCUT2D eigenvalue weighted by atomic mass is 9.88. The Morgan fingerprint density at radius 2 is 2.10 bits per heavy atom. The number of hydrogen-bond donors (Lipinski definition) is 1. The molecule has 0 spiro atoms. The maximum Gasteiger partial charge on any atom is 0.230 e. The number of aromatic nitrogens is 3. The monoisotopic (exact) mass is 436 g/mol. The van der Waals surface area contributed by atoms with E-state index < -0.39 is 0 Å². The van der Waals surface area contributed by atoms with Gasteiger partial charge in [0.05, 0.1) is 24.9 Å². The minimum Gasteiger partial charge on any atom is -0.383 e. The molecule has 162 valence electrons. The van der Waals surface area contributed by atoms with E-state index >= 15 is 0 Å². The van der Waals surface area contributed by atoms with Crippen LogP contribution in [0.2, 0.25) is 0 Å². The normalized spacial score (nSPS) is 15.5. The molecule has 0 fully saturated rings. The van der Waals surface area contributed by atoms with Gasteiger partial charge in [-0.2, -0.15) is 0 Å². The molecule has 1 amide bonds. The van der Waals surface area contributed by atoms with Crippen LogP contribution in [0.3, 0.4) is 0 Å². The molecular weight excluding hydrogens is 408 g/mol. The van der Waals surface area contributed by atoms with Crippen molar-refractivity contribution in [3.05, 3.63) is 65.2 Å². The zero-order valence-electron chi connectivity index (χ0n) is 18.0. The molecule has 0 bridgehead atoms. The highest BCUT2D eigenvalue weighted by molar-refractivity contribution is 7.99. The second kappa shape index (κ2) is 10.1. The molecule has 1 aliphatic carbocycles. The third kappa shape index (κ3) is 5.17. The number of benzene rings is 2. The summed E-state index contributed by atoms with van der Waals surface area (Å²) >= 11 is 1.42. The lowest BCUT2D eigenvalue weighted by molar-refractivity contribution is -0.119. The highest BCUT2D eigenvalue weighted by atomic mass is 32.2. The number of methoxy groups -OCH3 is 1. The summed E-state index contributed by atoms with van der Waals surface area (Å²) < 4.78 is 7.31. The van der Waals surface area contributed by atoms with Gasteiger partial charge < -0.3 is 10.1 Å². The molecule has 1 aromatic heterocycles. The Bertz CT molecular complexity index is 1050. The van der Waals surface area contributed by atoms with Crippen LogP contribution in [0.4, 0.5) is 0 Å². The molecule has 1 unspecified atom stereocenters. The van der Waals surface area contributed by atoms with Crippen molar-refractivity contribution in [1.29, 1.82) is 0 Å². The van der Waals surface area contributed by atoms with Gasteiger partial charge >= 0.3 is 0 Å². The van der Waals surface area contributed by atoms with Crippen molar-refractivity contribution in [2.24, 2.45) is 0 Å². The van der Waals surface area contributed by atoms with Gasteiger partial charge in [-0.1, -0.05) is 59.8 Å². The van der Waals surface area contributed by atoms with Crippen LogP contribution in [0.5, 0.6) is 0 Å². The quantitative estimate of drug-likeness (QED) is 0.537. The average Bonchev–Trinajstić information content (AvgIpc) is 3.19. The van der Waals surface area contributed by atoms with Gasteiger partial charge in [-0.15, -0.1) is 10.2 Å². The van der Waals surface area contributed by atoms with Crippen molar-refractivity contribution in [1.82, 2.24) is 20.1 Å². The molecule has 0 aliphatic heterocycles. The summed E-state index contributed by atoms with van der Waals surface area (Å²) in [7, 11) is 1.68. The third-order valence-electron chi connectivity index (χ3n) is 5.55. The molecule has 31 heavy (non-hydrogen) atoms. The Morgan fingerprint density at radius 3 is 2.94 bits per heavy atom. The van der Waals surface area contributed by atoms with E-state index in [2.05, 4.69) is 52.8 Å². The summed E-state index contributed by atoms with van der Waals surface area (Å²) in [5, 5.41) is 12.7. The van der Waals surface area contributed by atoms with E-state index in [0.717, 1.165) is 35.8 Å². The molecule has 7 heteroatoms. The molecule has 0 saturated heterocycles. The Balaban J connectivity index is 1.45. The fourth-order valence-corrected chi connectivity index (χ4v) is 4.82. The van der Waals surface area contributed by atoms with Gasteiger partial charge in [0.15, 0.2) is 11.0 Å². The third-order valence-corrected chi connectivity index (χ3v) is 6.52. The number of amides is 1. The highest BCUT2D eigenvalue weighted by Gasteiger charge is 2.22. The number of hydrogen-bond acceptors (Lipinski definition) is 5. The summed E-state index contributed by atoms with van der Waals surface area (Å²) in [6, 6.07) is 16.7. The summed E-state index contributed by atoms with van der Waals surface area (Å²) in [6.07, 6.45) is 3.16. The smallest absolute Gasteiger partial charge is 0.230 e. The zero-order valence-corrected chi connectivity index (χ0v) is 18.8. The molecule has 6 nitrogen and oxygen atoms in total. The minimum atomic E-state index is 0.0186. The first-order valence-corrected chi connectivity index (χ1v) is 11.6. The maximum atomic E-state index is 12.7. The first-order valence-electron chi connectivity index (χ1n) is 10.6. The van der Waals surface area contributed by atoms with Gasteiger partial charge in [-0.25, -0.2) is 0 Å². The van der Waals surface area contributed by atoms with Crippen LogP contribution >= 0.6 is 11.8 Å². The van der Waals surface area contributed by atoms with E-state index in [1.807, 2.05) is 22.8 Å². The van der Waals surface area contributed by atoms with Crippen LogP contribution in [0, 0.1) is 6.92 Å². The fourth-order valence-electron chi connectivity index (χ4n) is 4.05. The van der Waals surface area contributed by atoms with Crippen molar-refractivity contribution < 1.29 is 9.53 Å². The summed E-state index contributed by atoms with van der Waals surface area (Å²) in [5.41, 5.74) is 4.77. The van der Waals surface area contributed by atoms with Gasteiger partial charge in [-0.3, -0.25) is 9.36 Å². The Kier molecular flexibility index (Phi) is 7.04. The number of fused-ring (bicyclic) bond motifs is 1. The number of nitrogens with one attached hydrogen (secondary N) is 1.